The van der Waals surface area contributed by atoms with Gasteiger partial charge in [0.25, 0.3) is 0 Å². The van der Waals surface area contributed by atoms with Crippen molar-refractivity contribution in [3.05, 3.63) is 48.8 Å². The molecule has 0 aliphatic carbocycles. The first-order valence-corrected chi connectivity index (χ1v) is 7.91. The van der Waals surface area contributed by atoms with Crippen LogP contribution >= 0.6 is 11.8 Å². The maximum Gasteiger partial charge on any atom is 0.247 e. The molecular formula is C15H19N5O2S. The van der Waals surface area contributed by atoms with Gasteiger partial charge < -0.3 is 4.74 Å². The van der Waals surface area contributed by atoms with Crippen LogP contribution in [0.2, 0.25) is 0 Å². The van der Waals surface area contributed by atoms with Gasteiger partial charge in [-0.2, -0.15) is 0 Å². The molecule has 0 fully saturated rings. The smallest absolute Gasteiger partial charge is 0.247 e. The molecule has 1 aromatic carbocycles. The summed E-state index contributed by atoms with van der Waals surface area (Å²) in [4.78, 5) is 11.5. The molecule has 1 amide bonds. The number of hydrogen-bond donors (Lipinski definition) is 2. The van der Waals surface area contributed by atoms with Crippen molar-refractivity contribution in [3.63, 3.8) is 0 Å². The number of nitrogens with two attached hydrogens (primary N) is 1. The summed E-state index contributed by atoms with van der Waals surface area (Å²) in [5, 5.41) is 8.51. The van der Waals surface area contributed by atoms with Crippen molar-refractivity contribution in [3.8, 4) is 5.75 Å². The highest BCUT2D eigenvalue weighted by molar-refractivity contribution is 8.00. The zero-order chi connectivity index (χ0) is 16.7. The van der Waals surface area contributed by atoms with Crippen LogP contribution in [0.4, 0.5) is 0 Å². The molecule has 1 aromatic heterocycles. The van der Waals surface area contributed by atoms with E-state index in [0.717, 1.165) is 5.75 Å². The number of carbonyl (C=O) groups excluding carboxylic acids is 1. The van der Waals surface area contributed by atoms with Crippen LogP contribution < -0.4 is 16.0 Å². The zero-order valence-corrected chi connectivity index (χ0v) is 13.6. The van der Waals surface area contributed by atoms with Crippen LogP contribution in [0.1, 0.15) is 12.7 Å². The van der Waals surface area contributed by atoms with Crippen molar-refractivity contribution in [2.75, 3.05) is 0 Å². The quantitative estimate of drug-likeness (QED) is 0.250. The third-order valence-electron chi connectivity index (χ3n) is 3.01. The minimum absolute atomic E-state index is 0.273. The number of nitrogens with zero attached hydrogens (tertiary/aromatic N) is 3. The summed E-state index contributed by atoms with van der Waals surface area (Å²) in [6.07, 6.45) is 1.74. The first kappa shape index (κ1) is 17.0. The number of hydrazine groups is 1. The molecular weight excluding hydrogens is 314 g/mol. The lowest BCUT2D eigenvalue weighted by molar-refractivity contribution is -0.120. The summed E-state index contributed by atoms with van der Waals surface area (Å²) in [6, 6.07) is 9.47. The van der Waals surface area contributed by atoms with Crippen molar-refractivity contribution in [1.29, 1.82) is 0 Å². The molecule has 1 atom stereocenters. The Balaban J connectivity index is 2.10. The van der Waals surface area contributed by atoms with Crippen LogP contribution in [0.3, 0.4) is 0 Å². The van der Waals surface area contributed by atoms with Crippen LogP contribution in [0.5, 0.6) is 5.75 Å². The molecule has 7 nitrogen and oxygen atoms in total. The Morgan fingerprint density at radius 2 is 2.22 bits per heavy atom. The Bertz CT molecular complexity index is 659. The van der Waals surface area contributed by atoms with Crippen molar-refractivity contribution >= 4 is 17.7 Å². The molecule has 2 rings (SSSR count). The van der Waals surface area contributed by atoms with Crippen LogP contribution in [0.15, 0.2) is 48.1 Å². The van der Waals surface area contributed by atoms with E-state index in [4.69, 9.17) is 10.6 Å². The predicted octanol–water partition coefficient (Wildman–Crippen LogP) is 1.51. The topological polar surface area (TPSA) is 95.1 Å². The average Bonchev–Trinajstić information content (AvgIpc) is 2.95. The largest absolute Gasteiger partial charge is 0.486 e. The lowest BCUT2D eigenvalue weighted by Gasteiger charge is -2.11. The summed E-state index contributed by atoms with van der Waals surface area (Å²) in [6.45, 7) is 6.30. The number of ether oxygens (including phenoxy) is 1. The molecule has 0 aliphatic rings. The van der Waals surface area contributed by atoms with Gasteiger partial charge in [-0.05, 0) is 19.1 Å². The average molecular weight is 333 g/mol. The molecule has 122 valence electrons. The number of para-hydroxylation sites is 1. The highest BCUT2D eigenvalue weighted by Crippen LogP contribution is 2.23. The van der Waals surface area contributed by atoms with Crippen molar-refractivity contribution in [2.24, 2.45) is 5.84 Å². The number of carbonyl (C=O) groups is 1. The fourth-order valence-corrected chi connectivity index (χ4v) is 2.71. The Morgan fingerprint density at radius 3 is 2.87 bits per heavy atom. The Labute approximate surface area is 138 Å². The Hall–Kier alpha value is -2.32. The summed E-state index contributed by atoms with van der Waals surface area (Å²) in [5.74, 6) is 6.29. The third kappa shape index (κ3) is 4.57. The van der Waals surface area contributed by atoms with Gasteiger partial charge in [0.1, 0.15) is 12.4 Å². The SMILES string of the molecule is C=CCn1c(COc2ccccc2)nnc1S[C@H](C)C(=O)NN. The van der Waals surface area contributed by atoms with Crippen molar-refractivity contribution in [2.45, 2.75) is 30.5 Å². The summed E-state index contributed by atoms with van der Waals surface area (Å²) < 4.78 is 7.56. The predicted molar refractivity (Wildman–Crippen MR) is 88.6 cm³/mol. The highest BCUT2D eigenvalue weighted by atomic mass is 32.2. The molecule has 0 spiro atoms. The van der Waals surface area contributed by atoms with E-state index in [0.29, 0.717) is 17.5 Å². The van der Waals surface area contributed by atoms with E-state index in [9.17, 15) is 4.79 Å². The Morgan fingerprint density at radius 1 is 1.48 bits per heavy atom. The maximum absolute atomic E-state index is 11.5. The second kappa shape index (κ2) is 8.35. The summed E-state index contributed by atoms with van der Waals surface area (Å²) in [5.41, 5.74) is 2.13. The first-order valence-electron chi connectivity index (χ1n) is 7.03. The van der Waals surface area contributed by atoms with E-state index in [-0.39, 0.29) is 17.8 Å². The number of aromatic nitrogens is 3. The Kier molecular flexibility index (Phi) is 6.19. The van der Waals surface area contributed by atoms with Gasteiger partial charge in [0, 0.05) is 6.54 Å². The van der Waals surface area contributed by atoms with Crippen molar-refractivity contribution < 1.29 is 9.53 Å². The second-order valence-corrected chi connectivity index (χ2v) is 5.98. The van der Waals surface area contributed by atoms with Crippen LogP contribution in [-0.4, -0.2) is 25.9 Å². The third-order valence-corrected chi connectivity index (χ3v) is 4.09. The van der Waals surface area contributed by atoms with Gasteiger partial charge in [0.2, 0.25) is 5.91 Å². The van der Waals surface area contributed by atoms with Crippen LogP contribution in [-0.2, 0) is 17.9 Å². The number of nitrogens with one attached hydrogen (secondary N) is 1. The number of hydrogen-bond acceptors (Lipinski definition) is 6. The molecule has 0 radical (unpaired) electrons. The number of thioether (sulfide) groups is 1. The lowest BCUT2D eigenvalue weighted by Crippen LogP contribution is -2.36. The molecule has 3 N–H and O–H groups in total. The van der Waals surface area contributed by atoms with Gasteiger partial charge in [0.15, 0.2) is 11.0 Å². The van der Waals surface area contributed by atoms with Gasteiger partial charge in [-0.25, -0.2) is 5.84 Å². The standard InChI is InChI=1S/C15H19N5O2S/c1-3-9-20-13(10-22-12-7-5-4-6-8-12)18-19-15(20)23-11(2)14(21)17-16/h3-8,11H,1,9-10,16H2,2H3,(H,17,21)/t11-/m1/s1. The molecule has 0 aliphatic heterocycles. The minimum atomic E-state index is -0.379. The molecule has 1 heterocycles. The molecule has 0 saturated heterocycles. The van der Waals surface area contributed by atoms with E-state index in [1.165, 1.54) is 11.8 Å². The van der Waals surface area contributed by atoms with Gasteiger partial charge >= 0.3 is 0 Å². The van der Waals surface area contributed by atoms with E-state index in [1.807, 2.05) is 34.9 Å². The second-order valence-electron chi connectivity index (χ2n) is 4.67. The van der Waals surface area contributed by atoms with E-state index in [2.05, 4.69) is 22.2 Å². The lowest BCUT2D eigenvalue weighted by atomic mass is 10.3. The zero-order valence-electron chi connectivity index (χ0n) is 12.8. The molecule has 2 aromatic rings. The number of amides is 1. The fraction of sp³-hybridized carbons (Fsp3) is 0.267. The van der Waals surface area contributed by atoms with Crippen molar-refractivity contribution in [1.82, 2.24) is 20.2 Å². The highest BCUT2D eigenvalue weighted by Gasteiger charge is 2.19. The van der Waals surface area contributed by atoms with Gasteiger partial charge in [-0.3, -0.25) is 14.8 Å². The molecule has 0 bridgehead atoms. The number of allylic oxidation sites excluding steroid dienone is 1. The normalized spacial score (nSPS) is 11.7. The summed E-state index contributed by atoms with van der Waals surface area (Å²) in [7, 11) is 0. The minimum Gasteiger partial charge on any atom is -0.486 e. The number of rotatable bonds is 8. The van der Waals surface area contributed by atoms with Crippen LogP contribution in [0.25, 0.3) is 0 Å². The van der Waals surface area contributed by atoms with Crippen LogP contribution in [0, 0.1) is 0 Å². The first-order chi connectivity index (χ1) is 11.2. The summed E-state index contributed by atoms with van der Waals surface area (Å²) >= 11 is 1.28. The maximum atomic E-state index is 11.5. The van der Waals surface area contributed by atoms with Gasteiger partial charge in [-0.15, -0.1) is 16.8 Å². The molecule has 0 unspecified atom stereocenters. The van der Waals surface area contributed by atoms with Gasteiger partial charge in [0.05, 0.1) is 5.25 Å². The van der Waals surface area contributed by atoms with E-state index < -0.39 is 0 Å². The van der Waals surface area contributed by atoms with E-state index >= 15 is 0 Å². The number of benzene rings is 1. The van der Waals surface area contributed by atoms with E-state index in [1.54, 1.807) is 13.0 Å². The van der Waals surface area contributed by atoms with Gasteiger partial charge in [-0.1, -0.05) is 36.0 Å². The fourth-order valence-electron chi connectivity index (χ4n) is 1.82. The molecule has 23 heavy (non-hydrogen) atoms. The molecule has 0 saturated carbocycles. The monoisotopic (exact) mass is 333 g/mol. The molecule has 8 heteroatoms.